The third kappa shape index (κ3) is 4.31. The van der Waals surface area contributed by atoms with Crippen LogP contribution in [-0.2, 0) is 4.79 Å². The van der Waals surface area contributed by atoms with Crippen LogP contribution in [0.3, 0.4) is 0 Å². The highest BCUT2D eigenvalue weighted by atomic mass is 35.5. The molecule has 7 heteroatoms. The van der Waals surface area contributed by atoms with Gasteiger partial charge in [-0.1, -0.05) is 36.6 Å². The Morgan fingerprint density at radius 2 is 1.83 bits per heavy atom. The summed E-state index contributed by atoms with van der Waals surface area (Å²) in [5.74, 6) is 0.341. The second-order valence-electron chi connectivity index (χ2n) is 10.3. The molecule has 1 N–H and O–H groups in total. The summed E-state index contributed by atoms with van der Waals surface area (Å²) in [5, 5.41) is 13.0. The number of piperidine rings is 1. The van der Waals surface area contributed by atoms with Crippen LogP contribution in [0.1, 0.15) is 60.4 Å². The van der Waals surface area contributed by atoms with Crippen molar-refractivity contribution in [1.82, 2.24) is 4.90 Å². The zero-order chi connectivity index (χ0) is 25.6. The Morgan fingerprint density at radius 1 is 1.08 bits per heavy atom. The number of ether oxygens (including phenoxy) is 1. The highest BCUT2D eigenvalue weighted by molar-refractivity contribution is 6.30. The first-order chi connectivity index (χ1) is 17.2. The van der Waals surface area contributed by atoms with Crippen molar-refractivity contribution in [1.29, 1.82) is 0 Å². The molecule has 1 saturated heterocycles. The molecule has 2 aromatic carbocycles. The molecule has 1 aromatic heterocycles. The van der Waals surface area contributed by atoms with Crippen LogP contribution in [0.2, 0.25) is 5.02 Å². The number of carbonyl (C=O) groups is 1. The smallest absolute Gasteiger partial charge is 0.339 e. The molecule has 3 unspecified atom stereocenters. The molecule has 2 fully saturated rings. The first-order valence-corrected chi connectivity index (χ1v) is 13.0. The topological polar surface area (TPSA) is 80.0 Å². The summed E-state index contributed by atoms with van der Waals surface area (Å²) in [6.45, 7) is 5.81. The van der Waals surface area contributed by atoms with E-state index < -0.39 is 5.60 Å². The number of carbonyl (C=O) groups excluding carboxylic acids is 1. The number of rotatable bonds is 4. The molecule has 1 amide bonds. The summed E-state index contributed by atoms with van der Waals surface area (Å²) in [6, 6.07) is 11.0. The van der Waals surface area contributed by atoms with Crippen LogP contribution in [0.15, 0.2) is 45.6 Å². The predicted molar refractivity (Wildman–Crippen MR) is 140 cm³/mol. The van der Waals surface area contributed by atoms with Crippen LogP contribution in [0.4, 0.5) is 0 Å². The van der Waals surface area contributed by atoms with Crippen LogP contribution < -0.4 is 10.4 Å². The molecule has 1 saturated carbocycles. The summed E-state index contributed by atoms with van der Waals surface area (Å²) >= 11 is 6.14. The quantitative estimate of drug-likeness (QED) is 0.460. The Hall–Kier alpha value is -2.83. The van der Waals surface area contributed by atoms with E-state index in [-0.39, 0.29) is 30.1 Å². The lowest BCUT2D eigenvalue weighted by Crippen LogP contribution is -2.56. The summed E-state index contributed by atoms with van der Waals surface area (Å²) in [7, 11) is 0. The number of halogens is 1. The minimum atomic E-state index is -0.761. The molecule has 5 rings (SSSR count). The largest absolute Gasteiger partial charge is 0.483 e. The summed E-state index contributed by atoms with van der Waals surface area (Å²) in [4.78, 5) is 27.6. The lowest BCUT2D eigenvalue weighted by molar-refractivity contribution is -0.157. The van der Waals surface area contributed by atoms with Gasteiger partial charge in [0.1, 0.15) is 11.3 Å². The molecule has 0 bridgehead atoms. The van der Waals surface area contributed by atoms with Gasteiger partial charge in [-0.2, -0.15) is 0 Å². The van der Waals surface area contributed by atoms with E-state index in [1.165, 1.54) is 0 Å². The van der Waals surface area contributed by atoms with Crippen molar-refractivity contribution in [2.24, 2.45) is 5.92 Å². The Morgan fingerprint density at radius 3 is 2.58 bits per heavy atom. The van der Waals surface area contributed by atoms with Crippen LogP contribution in [0.5, 0.6) is 5.75 Å². The number of benzene rings is 2. The highest BCUT2D eigenvalue weighted by Crippen LogP contribution is 2.49. The average molecular weight is 510 g/mol. The minimum Gasteiger partial charge on any atom is -0.483 e. The van der Waals surface area contributed by atoms with Gasteiger partial charge in [-0.05, 0) is 75.4 Å². The molecule has 3 atom stereocenters. The third-order valence-corrected chi connectivity index (χ3v) is 8.53. The molecule has 6 nitrogen and oxygen atoms in total. The number of hydrogen-bond acceptors (Lipinski definition) is 5. The van der Waals surface area contributed by atoms with Crippen molar-refractivity contribution in [2.75, 3.05) is 13.2 Å². The van der Waals surface area contributed by atoms with Crippen molar-refractivity contribution in [2.45, 2.75) is 64.5 Å². The molecule has 3 aromatic rings. The summed E-state index contributed by atoms with van der Waals surface area (Å²) in [6.07, 6.45) is 4.24. The van der Waals surface area contributed by atoms with E-state index in [0.717, 1.165) is 42.2 Å². The number of likely N-dealkylation sites (tertiary alicyclic amines) is 1. The van der Waals surface area contributed by atoms with Gasteiger partial charge in [0.2, 0.25) is 0 Å². The lowest BCUT2D eigenvalue weighted by Gasteiger charge is -2.52. The maximum Gasteiger partial charge on any atom is 0.339 e. The number of aryl methyl sites for hydroxylation is 2. The maximum atomic E-state index is 13.5. The molecular formula is C29H32ClNO5. The van der Waals surface area contributed by atoms with Gasteiger partial charge in [-0.15, -0.1) is 0 Å². The molecule has 0 radical (unpaired) electrons. The Balaban J connectivity index is 1.42. The van der Waals surface area contributed by atoms with Gasteiger partial charge in [0.25, 0.3) is 5.91 Å². The van der Waals surface area contributed by atoms with E-state index >= 15 is 0 Å². The minimum absolute atomic E-state index is 0.0342. The van der Waals surface area contributed by atoms with Gasteiger partial charge in [-0.3, -0.25) is 4.79 Å². The summed E-state index contributed by atoms with van der Waals surface area (Å²) < 4.78 is 11.6. The van der Waals surface area contributed by atoms with Gasteiger partial charge < -0.3 is 19.2 Å². The van der Waals surface area contributed by atoms with E-state index in [9.17, 15) is 14.7 Å². The third-order valence-electron chi connectivity index (χ3n) is 8.27. The van der Waals surface area contributed by atoms with Crippen molar-refractivity contribution < 1.29 is 19.1 Å². The number of fused-ring (bicyclic) bond motifs is 2. The second-order valence-corrected chi connectivity index (χ2v) is 10.7. The van der Waals surface area contributed by atoms with Crippen molar-refractivity contribution in [3.8, 4) is 5.75 Å². The fourth-order valence-electron chi connectivity index (χ4n) is 6.04. The molecule has 1 aliphatic heterocycles. The van der Waals surface area contributed by atoms with Gasteiger partial charge in [0.05, 0.1) is 11.6 Å². The Kier molecular flexibility index (Phi) is 6.60. The van der Waals surface area contributed by atoms with Crippen molar-refractivity contribution in [3.05, 3.63) is 74.1 Å². The fourth-order valence-corrected chi connectivity index (χ4v) is 6.16. The molecule has 1 aliphatic carbocycles. The fraction of sp³-hybridized carbons (Fsp3) is 0.448. The monoisotopic (exact) mass is 509 g/mol. The SMILES string of the molecule is Cc1c(C)c2ccc(OCC(=O)N3CCC4(O)CCCCC4C3c3ccc(Cl)cc3)c(C)c2oc1=O. The van der Waals surface area contributed by atoms with Crippen molar-refractivity contribution >= 4 is 28.5 Å². The molecule has 0 spiro atoms. The standard InChI is InChI=1S/C29H32ClNO5/c1-17-18(2)28(33)36-27-19(3)24(12-11-22(17)27)35-16-25(32)31-15-14-29(34)13-5-4-6-23(29)26(31)20-7-9-21(30)10-8-20/h7-12,23,26,34H,4-6,13-16H2,1-3H3. The van der Waals surface area contributed by atoms with E-state index in [2.05, 4.69) is 0 Å². The number of aliphatic hydroxyl groups is 1. The van der Waals surface area contributed by atoms with E-state index in [1.807, 2.05) is 55.1 Å². The molecular weight excluding hydrogens is 478 g/mol. The Labute approximate surface area is 215 Å². The zero-order valence-corrected chi connectivity index (χ0v) is 21.7. The predicted octanol–water partition coefficient (Wildman–Crippen LogP) is 5.65. The molecule has 2 heterocycles. The Bertz CT molecular complexity index is 1360. The van der Waals surface area contributed by atoms with Gasteiger partial charge >= 0.3 is 5.63 Å². The first-order valence-electron chi connectivity index (χ1n) is 12.6. The lowest BCUT2D eigenvalue weighted by atomic mass is 9.66. The van der Waals surface area contributed by atoms with Crippen LogP contribution in [-0.4, -0.2) is 34.7 Å². The van der Waals surface area contributed by atoms with E-state index in [4.69, 9.17) is 20.8 Å². The van der Waals surface area contributed by atoms with Gasteiger partial charge in [-0.25, -0.2) is 4.79 Å². The van der Waals surface area contributed by atoms with E-state index in [0.29, 0.717) is 40.4 Å². The van der Waals surface area contributed by atoms with E-state index in [1.54, 1.807) is 6.92 Å². The van der Waals surface area contributed by atoms with Crippen LogP contribution in [0, 0.1) is 26.7 Å². The second kappa shape index (κ2) is 9.56. The maximum absolute atomic E-state index is 13.5. The van der Waals surface area contributed by atoms with Gasteiger partial charge in [0, 0.05) is 34.0 Å². The first kappa shape index (κ1) is 24.8. The number of hydrogen-bond donors (Lipinski definition) is 1. The molecule has 190 valence electrons. The van der Waals surface area contributed by atoms with Crippen molar-refractivity contribution in [3.63, 3.8) is 0 Å². The van der Waals surface area contributed by atoms with Crippen LogP contribution in [0.25, 0.3) is 11.0 Å². The average Bonchev–Trinajstić information content (AvgIpc) is 2.87. The number of amides is 1. The molecule has 36 heavy (non-hydrogen) atoms. The zero-order valence-electron chi connectivity index (χ0n) is 21.0. The normalized spacial score (nSPS) is 24.0. The molecule has 2 aliphatic rings. The summed E-state index contributed by atoms with van der Waals surface area (Å²) in [5.41, 5.74) is 2.50. The highest BCUT2D eigenvalue weighted by Gasteiger charge is 2.50. The van der Waals surface area contributed by atoms with Crippen LogP contribution >= 0.6 is 11.6 Å². The van der Waals surface area contributed by atoms with Gasteiger partial charge in [0.15, 0.2) is 6.61 Å². The number of nitrogens with zero attached hydrogens (tertiary/aromatic N) is 1.